The molecule has 2 aromatic rings. The van der Waals surface area contributed by atoms with Crippen molar-refractivity contribution in [1.82, 2.24) is 9.97 Å². The Morgan fingerprint density at radius 2 is 1.89 bits per heavy atom. The van der Waals surface area contributed by atoms with Gasteiger partial charge < -0.3 is 4.74 Å². The second kappa shape index (κ2) is 10.0. The monoisotopic (exact) mass is 503 g/mol. The van der Waals surface area contributed by atoms with E-state index < -0.39 is 32.2 Å². The van der Waals surface area contributed by atoms with Gasteiger partial charge in [0.15, 0.2) is 11.6 Å². The van der Waals surface area contributed by atoms with Crippen molar-refractivity contribution in [2.75, 3.05) is 4.72 Å². The Morgan fingerprint density at radius 1 is 1.11 bits per heavy atom. The van der Waals surface area contributed by atoms with Gasteiger partial charge in [-0.1, -0.05) is 56.9 Å². The number of rotatable bonds is 6. The number of ether oxygens (including phenoxy) is 1. The molecule has 4 atom stereocenters. The van der Waals surface area contributed by atoms with E-state index >= 15 is 8.78 Å². The summed E-state index contributed by atoms with van der Waals surface area (Å²) in [6.07, 6.45) is 13.7. The van der Waals surface area contributed by atoms with Crippen LogP contribution in [0.15, 0.2) is 59.4 Å². The van der Waals surface area contributed by atoms with Crippen LogP contribution in [0.2, 0.25) is 0 Å². The number of anilines is 1. The predicted molar refractivity (Wildman–Crippen MR) is 130 cm³/mol. The van der Waals surface area contributed by atoms with Crippen LogP contribution < -0.4 is 9.46 Å². The third kappa shape index (κ3) is 5.24. The molecule has 1 saturated carbocycles. The second-order valence-electron chi connectivity index (χ2n) is 9.63. The molecule has 35 heavy (non-hydrogen) atoms. The molecule has 2 aliphatic carbocycles. The molecule has 0 spiro atoms. The molecule has 188 valence electrons. The standard InChI is InChI=1S/C26H31F2N3O3S/c1-17-8-7-10-19(17)20-11-6-4-5-9-18(2)26(20,3)34-23-14-22(28)24(15-21(23)27)35(32,33)31-25-12-13-29-16-30-25/h7-8,10,12-18,20H,4-6,9,11H2,1-3H3,(H,29,30,31)/t17?,18-,20+,26+/m0/s1. The zero-order valence-corrected chi connectivity index (χ0v) is 21.0. The van der Waals surface area contributed by atoms with Crippen molar-refractivity contribution >= 4 is 15.8 Å². The van der Waals surface area contributed by atoms with Crippen molar-refractivity contribution in [3.8, 4) is 5.75 Å². The van der Waals surface area contributed by atoms with Crippen LogP contribution in [0.5, 0.6) is 5.75 Å². The van der Waals surface area contributed by atoms with Crippen molar-refractivity contribution in [2.24, 2.45) is 17.8 Å². The van der Waals surface area contributed by atoms with Crippen LogP contribution in [-0.2, 0) is 10.0 Å². The Bertz CT molecular complexity index is 1230. The van der Waals surface area contributed by atoms with Crippen LogP contribution >= 0.6 is 0 Å². The highest BCUT2D eigenvalue weighted by Gasteiger charge is 2.45. The fraction of sp³-hybridized carbons (Fsp3) is 0.462. The fourth-order valence-electron chi connectivity index (χ4n) is 5.17. The summed E-state index contributed by atoms with van der Waals surface area (Å²) in [5.74, 6) is -2.03. The molecule has 0 aliphatic heterocycles. The number of allylic oxidation sites excluding steroid dienone is 3. The van der Waals surface area contributed by atoms with Gasteiger partial charge in [-0.25, -0.2) is 27.2 Å². The van der Waals surface area contributed by atoms with E-state index in [1.807, 2.05) is 13.0 Å². The summed E-state index contributed by atoms with van der Waals surface area (Å²) in [6, 6.07) is 2.81. The minimum absolute atomic E-state index is 0.0214. The Balaban J connectivity index is 1.67. The number of hydrogen-bond donors (Lipinski definition) is 1. The first-order valence-corrected chi connectivity index (χ1v) is 13.5. The maximum absolute atomic E-state index is 15.3. The maximum Gasteiger partial charge on any atom is 0.266 e. The molecule has 0 radical (unpaired) electrons. The van der Waals surface area contributed by atoms with Gasteiger partial charge >= 0.3 is 0 Å². The van der Waals surface area contributed by atoms with Crippen molar-refractivity contribution in [3.63, 3.8) is 0 Å². The average Bonchev–Trinajstić information content (AvgIpc) is 3.22. The molecule has 9 heteroatoms. The minimum atomic E-state index is -4.41. The van der Waals surface area contributed by atoms with Crippen LogP contribution in [0.25, 0.3) is 0 Å². The molecule has 1 heterocycles. The fourth-order valence-corrected chi connectivity index (χ4v) is 6.25. The molecular formula is C26H31F2N3O3S. The predicted octanol–water partition coefficient (Wildman–Crippen LogP) is 6.04. The van der Waals surface area contributed by atoms with E-state index in [1.165, 1.54) is 17.8 Å². The van der Waals surface area contributed by atoms with E-state index in [0.717, 1.165) is 44.5 Å². The van der Waals surface area contributed by atoms with Crippen LogP contribution in [0, 0.1) is 29.4 Å². The third-order valence-electron chi connectivity index (χ3n) is 7.34. The highest BCUT2D eigenvalue weighted by atomic mass is 32.2. The number of benzene rings is 1. The number of halogens is 2. The quantitative estimate of drug-likeness (QED) is 0.520. The number of nitrogens with zero attached hydrogens (tertiary/aromatic N) is 2. The second-order valence-corrected chi connectivity index (χ2v) is 11.3. The zero-order chi connectivity index (χ0) is 25.2. The van der Waals surface area contributed by atoms with E-state index in [0.29, 0.717) is 6.07 Å². The topological polar surface area (TPSA) is 81.2 Å². The normalized spacial score (nSPS) is 27.1. The van der Waals surface area contributed by atoms with Crippen LogP contribution in [0.3, 0.4) is 0 Å². The first-order chi connectivity index (χ1) is 16.6. The van der Waals surface area contributed by atoms with Gasteiger partial charge in [-0.15, -0.1) is 0 Å². The molecule has 4 rings (SSSR count). The lowest BCUT2D eigenvalue weighted by atomic mass is 9.68. The van der Waals surface area contributed by atoms with Gasteiger partial charge in [-0.3, -0.25) is 4.72 Å². The van der Waals surface area contributed by atoms with E-state index in [4.69, 9.17) is 4.74 Å². The Kier molecular flexibility index (Phi) is 7.26. The first-order valence-electron chi connectivity index (χ1n) is 12.0. The van der Waals surface area contributed by atoms with E-state index in [2.05, 4.69) is 40.7 Å². The largest absolute Gasteiger partial charge is 0.483 e. The molecule has 1 fully saturated rings. The summed E-state index contributed by atoms with van der Waals surface area (Å²) < 4.78 is 64.3. The van der Waals surface area contributed by atoms with Gasteiger partial charge in [0.2, 0.25) is 0 Å². The molecule has 0 saturated heterocycles. The van der Waals surface area contributed by atoms with Crippen LogP contribution in [-0.4, -0.2) is 24.0 Å². The molecule has 6 nitrogen and oxygen atoms in total. The number of nitrogens with one attached hydrogen (secondary N) is 1. The summed E-state index contributed by atoms with van der Waals surface area (Å²) in [7, 11) is -4.41. The van der Waals surface area contributed by atoms with Gasteiger partial charge in [0.25, 0.3) is 10.0 Å². The Labute approximate surface area is 205 Å². The minimum Gasteiger partial charge on any atom is -0.483 e. The molecular weight excluding hydrogens is 472 g/mol. The molecule has 1 N–H and O–H groups in total. The van der Waals surface area contributed by atoms with E-state index in [1.54, 1.807) is 0 Å². The Hall–Kier alpha value is -2.81. The lowest BCUT2D eigenvalue weighted by Gasteiger charge is -2.45. The van der Waals surface area contributed by atoms with E-state index in [9.17, 15) is 8.42 Å². The molecule has 2 aliphatic rings. The van der Waals surface area contributed by atoms with Crippen LogP contribution in [0.4, 0.5) is 14.6 Å². The zero-order valence-electron chi connectivity index (χ0n) is 20.2. The smallest absolute Gasteiger partial charge is 0.266 e. The molecule has 1 aromatic heterocycles. The summed E-state index contributed by atoms with van der Waals surface area (Å²) in [6.45, 7) is 6.19. The Morgan fingerprint density at radius 3 is 2.57 bits per heavy atom. The van der Waals surface area contributed by atoms with Gasteiger partial charge in [0, 0.05) is 24.2 Å². The summed E-state index contributed by atoms with van der Waals surface area (Å²) in [4.78, 5) is 6.66. The highest BCUT2D eigenvalue weighted by molar-refractivity contribution is 7.92. The molecule has 0 bridgehead atoms. The average molecular weight is 504 g/mol. The third-order valence-corrected chi connectivity index (χ3v) is 8.71. The summed E-state index contributed by atoms with van der Waals surface area (Å²) in [5, 5.41) is 0. The number of aromatic nitrogens is 2. The van der Waals surface area contributed by atoms with Crippen LogP contribution in [0.1, 0.15) is 52.9 Å². The van der Waals surface area contributed by atoms with Crippen molar-refractivity contribution in [3.05, 3.63) is 66.2 Å². The van der Waals surface area contributed by atoms with E-state index in [-0.39, 0.29) is 29.3 Å². The lowest BCUT2D eigenvalue weighted by molar-refractivity contribution is -0.0272. The van der Waals surface area contributed by atoms with Crippen molar-refractivity contribution in [2.45, 2.75) is 63.4 Å². The molecule has 1 unspecified atom stereocenters. The van der Waals surface area contributed by atoms with Crippen molar-refractivity contribution in [1.29, 1.82) is 0 Å². The van der Waals surface area contributed by atoms with Crippen molar-refractivity contribution < 1.29 is 21.9 Å². The molecule has 1 aromatic carbocycles. The summed E-state index contributed by atoms with van der Waals surface area (Å²) in [5.41, 5.74) is 0.440. The molecule has 0 amide bonds. The van der Waals surface area contributed by atoms with Gasteiger partial charge in [0.1, 0.15) is 28.5 Å². The highest BCUT2D eigenvalue weighted by Crippen LogP contribution is 2.46. The first kappa shape index (κ1) is 25.3. The lowest BCUT2D eigenvalue weighted by Crippen LogP contribution is -2.48. The number of hydrogen-bond acceptors (Lipinski definition) is 5. The van der Waals surface area contributed by atoms with Gasteiger partial charge in [-0.2, -0.15) is 0 Å². The maximum atomic E-state index is 15.3. The van der Waals surface area contributed by atoms with Gasteiger partial charge in [-0.05, 0) is 37.7 Å². The van der Waals surface area contributed by atoms with Gasteiger partial charge in [0.05, 0.1) is 0 Å². The number of sulfonamides is 1. The summed E-state index contributed by atoms with van der Waals surface area (Å²) >= 11 is 0. The SMILES string of the molecule is CC1C=CC=C1[C@H]1CCCCC[C@H](C)[C@@]1(C)Oc1cc(F)c(S(=O)(=O)Nc2ccncn2)cc1F.